The smallest absolute Gasteiger partial charge is 0.227 e. The average molecular weight is 321 g/mol. The highest BCUT2D eigenvalue weighted by Gasteiger charge is 2.23. The Bertz CT molecular complexity index is 668. The van der Waals surface area contributed by atoms with E-state index in [9.17, 15) is 4.79 Å². The van der Waals surface area contributed by atoms with Crippen molar-refractivity contribution in [1.82, 2.24) is 0 Å². The van der Waals surface area contributed by atoms with E-state index in [2.05, 4.69) is 0 Å². The van der Waals surface area contributed by atoms with Gasteiger partial charge in [0.25, 0.3) is 0 Å². The van der Waals surface area contributed by atoms with Gasteiger partial charge in [-0.25, -0.2) is 0 Å². The largest absolute Gasteiger partial charge is 0.398 e. The highest BCUT2D eigenvalue weighted by Crippen LogP contribution is 2.32. The monoisotopic (exact) mass is 320 g/mol. The molecule has 1 aliphatic rings. The molecule has 21 heavy (non-hydrogen) atoms. The molecule has 0 saturated heterocycles. The van der Waals surface area contributed by atoms with Crippen LogP contribution in [0.25, 0.3) is 0 Å². The molecule has 2 heterocycles. The summed E-state index contributed by atoms with van der Waals surface area (Å²) in [5.74, 6) is 0.158. The van der Waals surface area contributed by atoms with Gasteiger partial charge >= 0.3 is 0 Å². The second kappa shape index (κ2) is 6.08. The molecule has 2 N–H and O–H groups in total. The summed E-state index contributed by atoms with van der Waals surface area (Å²) in [5, 5.41) is 0. The Labute approximate surface area is 133 Å². The number of fused-ring (bicyclic) bond motifs is 1. The Morgan fingerprint density at radius 1 is 1.33 bits per heavy atom. The molecule has 0 atom stereocenters. The van der Waals surface area contributed by atoms with Gasteiger partial charge in [0.2, 0.25) is 5.91 Å². The van der Waals surface area contributed by atoms with E-state index in [-0.39, 0.29) is 5.91 Å². The van der Waals surface area contributed by atoms with Gasteiger partial charge in [-0.2, -0.15) is 0 Å². The van der Waals surface area contributed by atoms with E-state index < -0.39 is 0 Å². The lowest BCUT2D eigenvalue weighted by Crippen LogP contribution is -2.35. The van der Waals surface area contributed by atoms with Gasteiger partial charge in [0.05, 0.1) is 4.34 Å². The molecular weight excluding hydrogens is 304 g/mol. The minimum absolute atomic E-state index is 0.158. The third-order valence-corrected chi connectivity index (χ3v) is 5.09. The topological polar surface area (TPSA) is 46.3 Å². The van der Waals surface area contributed by atoms with Crippen LogP contribution in [0.2, 0.25) is 4.34 Å². The number of nitrogens with zero attached hydrogens (tertiary/aromatic N) is 1. The molecule has 0 fully saturated rings. The zero-order valence-electron chi connectivity index (χ0n) is 11.6. The molecule has 0 unspecified atom stereocenters. The van der Waals surface area contributed by atoms with Crippen molar-refractivity contribution >= 4 is 40.2 Å². The number of halogens is 1. The van der Waals surface area contributed by atoms with Crippen molar-refractivity contribution in [1.29, 1.82) is 0 Å². The number of rotatable bonds is 3. The van der Waals surface area contributed by atoms with Gasteiger partial charge in [-0.1, -0.05) is 17.7 Å². The van der Waals surface area contributed by atoms with E-state index in [1.807, 2.05) is 35.2 Å². The molecule has 0 aliphatic carbocycles. The first-order chi connectivity index (χ1) is 10.1. The number of benzene rings is 1. The summed E-state index contributed by atoms with van der Waals surface area (Å²) < 4.78 is 0.772. The van der Waals surface area contributed by atoms with Gasteiger partial charge in [0, 0.05) is 29.2 Å². The second-order valence-corrected chi connectivity index (χ2v) is 7.00. The van der Waals surface area contributed by atoms with Gasteiger partial charge in [0.1, 0.15) is 0 Å². The number of carbonyl (C=O) groups excluding carboxylic acids is 1. The quantitative estimate of drug-likeness (QED) is 0.872. The number of hydrogen-bond acceptors (Lipinski definition) is 3. The first-order valence-corrected chi connectivity index (χ1v) is 8.26. The third kappa shape index (κ3) is 3.06. The van der Waals surface area contributed by atoms with E-state index in [1.165, 1.54) is 11.3 Å². The molecule has 2 aromatic rings. The molecule has 110 valence electrons. The number of thiophene rings is 1. The number of aryl methyl sites for hydroxylation is 1. The lowest BCUT2D eigenvalue weighted by Gasteiger charge is -2.30. The van der Waals surface area contributed by atoms with Crippen molar-refractivity contribution in [3.05, 3.63) is 45.1 Å². The number of carbonyl (C=O) groups is 1. The number of anilines is 2. The number of nitrogen functional groups attached to an aromatic ring is 1. The van der Waals surface area contributed by atoms with Crippen molar-refractivity contribution in [2.45, 2.75) is 25.7 Å². The lowest BCUT2D eigenvalue weighted by molar-refractivity contribution is -0.118. The van der Waals surface area contributed by atoms with Crippen LogP contribution < -0.4 is 10.6 Å². The van der Waals surface area contributed by atoms with Gasteiger partial charge in [-0.15, -0.1) is 11.3 Å². The number of hydrogen-bond donors (Lipinski definition) is 1. The molecule has 0 spiro atoms. The average Bonchev–Trinajstić information content (AvgIpc) is 2.90. The molecule has 0 bridgehead atoms. The minimum atomic E-state index is 0.158. The van der Waals surface area contributed by atoms with Crippen LogP contribution in [0.5, 0.6) is 0 Å². The normalized spacial score (nSPS) is 14.0. The van der Waals surface area contributed by atoms with Crippen LogP contribution in [0.1, 0.15) is 23.3 Å². The predicted octanol–water partition coefficient (Wildman–Crippen LogP) is 3.90. The van der Waals surface area contributed by atoms with Gasteiger partial charge in [0.15, 0.2) is 0 Å². The summed E-state index contributed by atoms with van der Waals surface area (Å²) >= 11 is 7.46. The van der Waals surface area contributed by atoms with E-state index in [0.29, 0.717) is 6.42 Å². The van der Waals surface area contributed by atoms with Crippen LogP contribution >= 0.6 is 22.9 Å². The van der Waals surface area contributed by atoms with Crippen molar-refractivity contribution in [2.24, 2.45) is 0 Å². The number of nitrogens with two attached hydrogens (primary N) is 1. The summed E-state index contributed by atoms with van der Waals surface area (Å²) in [6.07, 6.45) is 3.17. The van der Waals surface area contributed by atoms with Crippen LogP contribution in [0.3, 0.4) is 0 Å². The van der Waals surface area contributed by atoms with Crippen LogP contribution in [0.4, 0.5) is 11.4 Å². The first-order valence-electron chi connectivity index (χ1n) is 7.07. The van der Waals surface area contributed by atoms with Crippen LogP contribution in [-0.2, 0) is 17.6 Å². The molecule has 1 aliphatic heterocycles. The van der Waals surface area contributed by atoms with Crippen molar-refractivity contribution in [3.8, 4) is 0 Å². The fourth-order valence-corrected chi connectivity index (χ4v) is 3.85. The molecule has 1 aromatic carbocycles. The SMILES string of the molecule is Nc1cccc2c1CCCN2C(=O)CCc1ccc(Cl)s1. The van der Waals surface area contributed by atoms with E-state index >= 15 is 0 Å². The summed E-state index contributed by atoms with van der Waals surface area (Å²) in [7, 11) is 0. The molecule has 1 aromatic heterocycles. The standard InChI is InChI=1S/C16H17ClN2OS/c17-15-8-6-11(21-15)7-9-16(20)19-10-2-3-12-13(18)4-1-5-14(12)19/h1,4-6,8H,2-3,7,9-10,18H2. The zero-order chi connectivity index (χ0) is 14.8. The van der Waals surface area contributed by atoms with E-state index in [4.69, 9.17) is 17.3 Å². The second-order valence-electron chi connectivity index (χ2n) is 5.20. The highest BCUT2D eigenvalue weighted by atomic mass is 35.5. The minimum Gasteiger partial charge on any atom is -0.398 e. The first kappa shape index (κ1) is 14.4. The molecule has 0 radical (unpaired) electrons. The molecule has 3 nitrogen and oxygen atoms in total. The lowest BCUT2D eigenvalue weighted by atomic mass is 9.99. The maximum Gasteiger partial charge on any atom is 0.227 e. The molecular formula is C16H17ClN2OS. The van der Waals surface area contributed by atoms with Crippen LogP contribution in [0.15, 0.2) is 30.3 Å². The molecule has 1 amide bonds. The molecule has 3 rings (SSSR count). The molecule has 0 saturated carbocycles. The Balaban J connectivity index is 1.73. The van der Waals surface area contributed by atoms with Crippen molar-refractivity contribution in [3.63, 3.8) is 0 Å². The van der Waals surface area contributed by atoms with Gasteiger partial charge in [-0.05, 0) is 49.1 Å². The fraction of sp³-hybridized carbons (Fsp3) is 0.312. The molecule has 5 heteroatoms. The Kier molecular flexibility index (Phi) is 4.17. The fourth-order valence-electron chi connectivity index (χ4n) is 2.76. The maximum absolute atomic E-state index is 12.5. The van der Waals surface area contributed by atoms with Crippen LogP contribution in [-0.4, -0.2) is 12.5 Å². The van der Waals surface area contributed by atoms with E-state index in [1.54, 1.807) is 0 Å². The summed E-state index contributed by atoms with van der Waals surface area (Å²) in [6.45, 7) is 0.778. The van der Waals surface area contributed by atoms with Crippen molar-refractivity contribution in [2.75, 3.05) is 17.2 Å². The van der Waals surface area contributed by atoms with Gasteiger partial charge in [-0.3, -0.25) is 4.79 Å². The summed E-state index contributed by atoms with van der Waals surface area (Å²) in [6, 6.07) is 9.68. The van der Waals surface area contributed by atoms with Crippen LogP contribution in [0, 0.1) is 0 Å². The number of amides is 1. The Morgan fingerprint density at radius 3 is 2.95 bits per heavy atom. The summed E-state index contributed by atoms with van der Waals surface area (Å²) in [5.41, 5.74) is 8.90. The third-order valence-electron chi connectivity index (χ3n) is 3.80. The van der Waals surface area contributed by atoms with Crippen molar-refractivity contribution < 1.29 is 4.79 Å². The highest BCUT2D eigenvalue weighted by molar-refractivity contribution is 7.16. The summed E-state index contributed by atoms with van der Waals surface area (Å²) in [4.78, 5) is 15.5. The predicted molar refractivity (Wildman–Crippen MR) is 89.2 cm³/mol. The Hall–Kier alpha value is -1.52. The maximum atomic E-state index is 12.5. The Morgan fingerprint density at radius 2 is 2.19 bits per heavy atom. The van der Waals surface area contributed by atoms with Gasteiger partial charge < -0.3 is 10.6 Å². The zero-order valence-corrected chi connectivity index (χ0v) is 13.2. The van der Waals surface area contributed by atoms with E-state index in [0.717, 1.165) is 52.0 Å².